The van der Waals surface area contributed by atoms with E-state index in [9.17, 15) is 13.2 Å². The summed E-state index contributed by atoms with van der Waals surface area (Å²) in [5, 5.41) is 0. The van der Waals surface area contributed by atoms with E-state index in [1.54, 1.807) is 0 Å². The third-order valence-corrected chi connectivity index (χ3v) is 1.92. The molecule has 0 radical (unpaired) electrons. The molecule has 0 aromatic heterocycles. The summed E-state index contributed by atoms with van der Waals surface area (Å²) in [5.74, 6) is 0. The molecule has 68 valence electrons. The van der Waals surface area contributed by atoms with E-state index < -0.39 is 11.7 Å². The van der Waals surface area contributed by atoms with Crippen LogP contribution in [0.1, 0.15) is 6.92 Å². The zero-order valence-electron chi connectivity index (χ0n) is 6.50. The van der Waals surface area contributed by atoms with Gasteiger partial charge in [-0.3, -0.25) is 0 Å². The van der Waals surface area contributed by atoms with Crippen LogP contribution in [0.4, 0.5) is 13.2 Å². The maximum absolute atomic E-state index is 12.1. The Kier molecular flexibility index (Phi) is 3.77. The Morgan fingerprint density at radius 1 is 1.42 bits per heavy atom. The highest BCUT2D eigenvalue weighted by Gasteiger charge is 2.33. The lowest BCUT2D eigenvalue weighted by Crippen LogP contribution is -2.11. The Labute approximate surface area is 77.6 Å². The first-order valence-electron chi connectivity index (χ1n) is 3.06. The quantitative estimate of drug-likeness (QED) is 0.642. The maximum atomic E-state index is 12.1. The molecular weight excluding hydrogens is 233 g/mol. The van der Waals surface area contributed by atoms with Crippen LogP contribution in [-0.2, 0) is 0 Å². The number of rotatable bonds is 2. The summed E-state index contributed by atoms with van der Waals surface area (Å²) in [7, 11) is 0. The Hall–Kier alpha value is -0.510. The molecule has 12 heavy (non-hydrogen) atoms. The van der Waals surface area contributed by atoms with E-state index in [2.05, 4.69) is 29.1 Å². The molecule has 0 saturated heterocycles. The molecule has 0 saturated carbocycles. The van der Waals surface area contributed by atoms with Crippen LogP contribution in [0.15, 0.2) is 34.9 Å². The van der Waals surface area contributed by atoms with Crippen molar-refractivity contribution in [2.45, 2.75) is 13.1 Å². The number of hydrogen-bond acceptors (Lipinski definition) is 0. The molecule has 0 aliphatic heterocycles. The third kappa shape index (κ3) is 2.85. The molecule has 0 aromatic rings. The third-order valence-electron chi connectivity index (χ3n) is 1.32. The summed E-state index contributed by atoms with van der Waals surface area (Å²) in [6.07, 6.45) is -3.58. The molecule has 0 atom stereocenters. The molecule has 0 rings (SSSR count). The van der Waals surface area contributed by atoms with Crippen LogP contribution in [0.5, 0.6) is 0 Å². The van der Waals surface area contributed by atoms with Crippen molar-refractivity contribution in [3.63, 3.8) is 0 Å². The van der Waals surface area contributed by atoms with Crippen molar-refractivity contribution in [3.8, 4) is 0 Å². The summed E-state index contributed by atoms with van der Waals surface area (Å²) in [5.41, 5.74) is -0.707. The zero-order chi connectivity index (χ0) is 9.94. The van der Waals surface area contributed by atoms with E-state index in [-0.39, 0.29) is 10.1 Å². The van der Waals surface area contributed by atoms with E-state index in [1.165, 1.54) is 6.92 Å². The number of alkyl halides is 3. The van der Waals surface area contributed by atoms with Crippen molar-refractivity contribution in [1.29, 1.82) is 0 Å². The van der Waals surface area contributed by atoms with E-state index >= 15 is 0 Å². The van der Waals surface area contributed by atoms with Gasteiger partial charge in [-0.2, -0.15) is 13.2 Å². The Bertz CT molecular complexity index is 235. The Morgan fingerprint density at radius 2 is 1.83 bits per heavy atom. The van der Waals surface area contributed by atoms with Crippen molar-refractivity contribution < 1.29 is 13.2 Å². The second kappa shape index (κ2) is 3.94. The van der Waals surface area contributed by atoms with Crippen LogP contribution in [0.2, 0.25) is 0 Å². The highest BCUT2D eigenvalue weighted by atomic mass is 79.9. The van der Waals surface area contributed by atoms with Crippen molar-refractivity contribution in [3.05, 3.63) is 34.9 Å². The first-order chi connectivity index (χ1) is 5.30. The topological polar surface area (TPSA) is 0 Å². The first-order valence-corrected chi connectivity index (χ1v) is 3.85. The minimum Gasteiger partial charge on any atom is -0.166 e. The van der Waals surface area contributed by atoms with Gasteiger partial charge >= 0.3 is 6.18 Å². The molecule has 0 aromatic carbocycles. The molecule has 0 aliphatic rings. The number of allylic oxidation sites excluding steroid dienone is 4. The van der Waals surface area contributed by atoms with Gasteiger partial charge in [0, 0.05) is 4.48 Å². The van der Waals surface area contributed by atoms with Gasteiger partial charge in [-0.05, 0) is 12.5 Å². The number of hydrogen-bond donors (Lipinski definition) is 0. The summed E-state index contributed by atoms with van der Waals surface area (Å²) in [4.78, 5) is 0. The summed E-state index contributed by atoms with van der Waals surface area (Å²) >= 11 is 2.87. The van der Waals surface area contributed by atoms with Crippen molar-refractivity contribution >= 4 is 15.9 Å². The Balaban J connectivity index is 5.14. The van der Waals surface area contributed by atoms with Gasteiger partial charge in [0.2, 0.25) is 0 Å². The highest BCUT2D eigenvalue weighted by Crippen LogP contribution is 2.32. The maximum Gasteiger partial charge on any atom is 0.416 e. The molecule has 4 heteroatoms. The molecule has 0 bridgehead atoms. The highest BCUT2D eigenvalue weighted by molar-refractivity contribution is 9.11. The van der Waals surface area contributed by atoms with Gasteiger partial charge in [0.25, 0.3) is 0 Å². The largest absolute Gasteiger partial charge is 0.416 e. The van der Waals surface area contributed by atoms with Gasteiger partial charge in [0.1, 0.15) is 0 Å². The van der Waals surface area contributed by atoms with E-state index in [4.69, 9.17) is 0 Å². The number of halogens is 4. The van der Waals surface area contributed by atoms with E-state index in [0.717, 1.165) is 6.08 Å². The van der Waals surface area contributed by atoms with Crippen molar-refractivity contribution in [2.75, 3.05) is 0 Å². The fraction of sp³-hybridized carbons (Fsp3) is 0.250. The lowest BCUT2D eigenvalue weighted by Gasteiger charge is -2.10. The molecule has 0 N–H and O–H groups in total. The second-order valence-electron chi connectivity index (χ2n) is 2.15. The lowest BCUT2D eigenvalue weighted by molar-refractivity contribution is -0.0887. The lowest BCUT2D eigenvalue weighted by atomic mass is 10.1. The molecule has 0 unspecified atom stereocenters. The van der Waals surface area contributed by atoms with Gasteiger partial charge in [0.05, 0.1) is 5.57 Å². The van der Waals surface area contributed by atoms with Crippen LogP contribution in [-0.4, -0.2) is 6.18 Å². The smallest absolute Gasteiger partial charge is 0.166 e. The van der Waals surface area contributed by atoms with E-state index in [0.29, 0.717) is 0 Å². The van der Waals surface area contributed by atoms with Crippen LogP contribution in [0.3, 0.4) is 0 Å². The summed E-state index contributed by atoms with van der Waals surface area (Å²) in [6, 6.07) is 0. The standard InChI is InChI=1S/C8H8BrF3/c1-4-7(8(10,11)12)5(2)6(3)9/h4H,1,3H2,2H3/b7-5+. The average Bonchev–Trinajstić information content (AvgIpc) is 1.85. The molecule has 0 fully saturated rings. The molecule has 0 spiro atoms. The predicted octanol–water partition coefficient (Wildman–Crippen LogP) is 3.96. The summed E-state index contributed by atoms with van der Waals surface area (Å²) < 4.78 is 36.6. The molecular formula is C8H8BrF3. The average molecular weight is 241 g/mol. The molecule has 0 nitrogen and oxygen atoms in total. The monoisotopic (exact) mass is 240 g/mol. The minimum atomic E-state index is -4.36. The van der Waals surface area contributed by atoms with Gasteiger partial charge in [-0.25, -0.2) is 0 Å². The SMILES string of the molecule is C=C/C(=C(/C)C(=C)Br)C(F)(F)F. The van der Waals surface area contributed by atoms with Crippen LogP contribution in [0, 0.1) is 0 Å². The fourth-order valence-corrected chi connectivity index (χ4v) is 0.841. The van der Waals surface area contributed by atoms with Crippen LogP contribution < -0.4 is 0 Å². The van der Waals surface area contributed by atoms with Crippen LogP contribution >= 0.6 is 15.9 Å². The van der Waals surface area contributed by atoms with Gasteiger partial charge in [-0.1, -0.05) is 35.2 Å². The van der Waals surface area contributed by atoms with Crippen molar-refractivity contribution in [2.24, 2.45) is 0 Å². The fourth-order valence-electron chi connectivity index (χ4n) is 0.628. The molecule has 0 aliphatic carbocycles. The zero-order valence-corrected chi connectivity index (χ0v) is 8.09. The van der Waals surface area contributed by atoms with Crippen LogP contribution in [0.25, 0.3) is 0 Å². The van der Waals surface area contributed by atoms with Gasteiger partial charge < -0.3 is 0 Å². The minimum absolute atomic E-state index is 0.0532. The van der Waals surface area contributed by atoms with Crippen molar-refractivity contribution in [1.82, 2.24) is 0 Å². The van der Waals surface area contributed by atoms with Gasteiger partial charge in [-0.15, -0.1) is 0 Å². The summed E-state index contributed by atoms with van der Waals surface area (Å²) in [6.45, 7) is 7.77. The molecule has 0 heterocycles. The van der Waals surface area contributed by atoms with Gasteiger partial charge in [0.15, 0.2) is 0 Å². The Morgan fingerprint density at radius 3 is 1.92 bits per heavy atom. The van der Waals surface area contributed by atoms with E-state index in [1.807, 2.05) is 0 Å². The normalized spacial score (nSPS) is 13.8. The first kappa shape index (κ1) is 11.5. The predicted molar refractivity (Wildman–Crippen MR) is 47.0 cm³/mol. The molecule has 0 amide bonds. The second-order valence-corrected chi connectivity index (χ2v) is 3.10.